The van der Waals surface area contributed by atoms with Crippen LogP contribution in [0, 0.1) is 12.7 Å². The largest absolute Gasteiger partial charge is 0.309 e. The van der Waals surface area contributed by atoms with Crippen LogP contribution in [-0.4, -0.2) is 26.0 Å². The van der Waals surface area contributed by atoms with Gasteiger partial charge < -0.3 is 5.32 Å². The maximum absolute atomic E-state index is 13.2. The van der Waals surface area contributed by atoms with Crippen LogP contribution in [-0.2, 0) is 9.84 Å². The maximum Gasteiger partial charge on any atom is 0.154 e. The standard InChI is InChI=1S/C14H22FNO2S/c1-6-16-13(14(3,4)19(5,17)18)12-8-7-11(15)9-10(12)2/h7-9,13,16H,6H2,1-5H3. The lowest BCUT2D eigenvalue weighted by molar-refractivity contribution is 0.426. The van der Waals surface area contributed by atoms with Crippen molar-refractivity contribution < 1.29 is 12.8 Å². The van der Waals surface area contributed by atoms with Gasteiger partial charge in [-0.25, -0.2) is 12.8 Å². The molecule has 1 rings (SSSR count). The lowest BCUT2D eigenvalue weighted by Gasteiger charge is -2.34. The minimum atomic E-state index is -3.26. The molecule has 0 aliphatic carbocycles. The Morgan fingerprint density at radius 3 is 2.37 bits per heavy atom. The van der Waals surface area contributed by atoms with Gasteiger partial charge in [0.2, 0.25) is 0 Å². The molecule has 108 valence electrons. The van der Waals surface area contributed by atoms with Crippen molar-refractivity contribution in [3.05, 3.63) is 35.1 Å². The zero-order valence-electron chi connectivity index (χ0n) is 12.1. The van der Waals surface area contributed by atoms with E-state index in [1.165, 1.54) is 18.4 Å². The SMILES string of the molecule is CCNC(c1ccc(F)cc1C)C(C)(C)S(C)(=O)=O. The van der Waals surface area contributed by atoms with Crippen LogP contribution in [0.15, 0.2) is 18.2 Å². The van der Waals surface area contributed by atoms with Gasteiger partial charge in [0.25, 0.3) is 0 Å². The third-order valence-electron chi connectivity index (χ3n) is 3.60. The number of hydrogen-bond donors (Lipinski definition) is 1. The lowest BCUT2D eigenvalue weighted by atomic mass is 9.91. The summed E-state index contributed by atoms with van der Waals surface area (Å²) in [5, 5.41) is 3.20. The molecular weight excluding hydrogens is 265 g/mol. The van der Waals surface area contributed by atoms with Gasteiger partial charge in [-0.2, -0.15) is 0 Å². The summed E-state index contributed by atoms with van der Waals surface area (Å²) in [6.07, 6.45) is 1.23. The predicted octanol–water partition coefficient (Wildman–Crippen LogP) is 2.61. The first-order chi connectivity index (χ1) is 8.61. The zero-order chi connectivity index (χ0) is 14.8. The Labute approximate surface area is 115 Å². The second kappa shape index (κ2) is 5.59. The van der Waals surface area contributed by atoms with Crippen LogP contribution in [0.2, 0.25) is 0 Å². The third-order valence-corrected chi connectivity index (χ3v) is 5.75. The molecule has 0 aliphatic heterocycles. The molecule has 0 bridgehead atoms. The Balaban J connectivity index is 3.36. The van der Waals surface area contributed by atoms with Crippen molar-refractivity contribution in [2.45, 2.75) is 38.5 Å². The average Bonchev–Trinajstić information content (AvgIpc) is 2.25. The van der Waals surface area contributed by atoms with E-state index in [2.05, 4.69) is 5.32 Å². The first-order valence-electron chi connectivity index (χ1n) is 6.30. The van der Waals surface area contributed by atoms with Crippen molar-refractivity contribution in [3.8, 4) is 0 Å². The molecule has 0 radical (unpaired) electrons. The van der Waals surface area contributed by atoms with Crippen LogP contribution < -0.4 is 5.32 Å². The number of aryl methyl sites for hydroxylation is 1. The van der Waals surface area contributed by atoms with Gasteiger partial charge in [0.05, 0.1) is 10.8 Å². The highest BCUT2D eigenvalue weighted by atomic mass is 32.2. The highest BCUT2D eigenvalue weighted by molar-refractivity contribution is 7.92. The second-order valence-electron chi connectivity index (χ2n) is 5.37. The molecule has 0 amide bonds. The first kappa shape index (κ1) is 16.1. The number of nitrogens with one attached hydrogen (secondary N) is 1. The van der Waals surface area contributed by atoms with Crippen LogP contribution >= 0.6 is 0 Å². The van der Waals surface area contributed by atoms with E-state index in [1.807, 2.05) is 6.92 Å². The first-order valence-corrected chi connectivity index (χ1v) is 8.19. The molecule has 1 aromatic rings. The number of sulfone groups is 1. The molecule has 5 heteroatoms. The van der Waals surface area contributed by atoms with Gasteiger partial charge >= 0.3 is 0 Å². The fraction of sp³-hybridized carbons (Fsp3) is 0.571. The van der Waals surface area contributed by atoms with Crippen LogP contribution in [0.4, 0.5) is 4.39 Å². The van der Waals surface area contributed by atoms with Crippen molar-refractivity contribution in [2.24, 2.45) is 0 Å². The molecule has 0 fully saturated rings. The van der Waals surface area contributed by atoms with Crippen LogP contribution in [0.5, 0.6) is 0 Å². The summed E-state index contributed by atoms with van der Waals surface area (Å²) in [7, 11) is -3.26. The Morgan fingerprint density at radius 2 is 1.95 bits per heavy atom. The summed E-state index contributed by atoms with van der Waals surface area (Å²) in [6, 6.07) is 4.08. The molecule has 0 saturated heterocycles. The number of rotatable bonds is 5. The van der Waals surface area contributed by atoms with E-state index in [0.717, 1.165) is 11.1 Å². The predicted molar refractivity (Wildman–Crippen MR) is 76.5 cm³/mol. The minimum Gasteiger partial charge on any atom is -0.309 e. The van der Waals surface area contributed by atoms with E-state index in [-0.39, 0.29) is 11.9 Å². The summed E-state index contributed by atoms with van der Waals surface area (Å²) in [6.45, 7) is 7.74. The molecule has 0 saturated carbocycles. The van der Waals surface area contributed by atoms with Crippen molar-refractivity contribution in [2.75, 3.05) is 12.8 Å². The molecule has 0 aromatic heterocycles. The van der Waals surface area contributed by atoms with Gasteiger partial charge in [0.1, 0.15) is 5.82 Å². The molecular formula is C14H22FNO2S. The van der Waals surface area contributed by atoms with Crippen LogP contribution in [0.1, 0.15) is 37.9 Å². The van der Waals surface area contributed by atoms with Crippen molar-refractivity contribution in [3.63, 3.8) is 0 Å². The van der Waals surface area contributed by atoms with E-state index in [0.29, 0.717) is 6.54 Å². The van der Waals surface area contributed by atoms with Crippen LogP contribution in [0.3, 0.4) is 0 Å². The van der Waals surface area contributed by atoms with E-state index < -0.39 is 14.6 Å². The molecule has 1 unspecified atom stereocenters. The lowest BCUT2D eigenvalue weighted by Crippen LogP contribution is -2.45. The van der Waals surface area contributed by atoms with Gasteiger partial charge in [0.15, 0.2) is 9.84 Å². The molecule has 0 spiro atoms. The number of halogens is 1. The fourth-order valence-electron chi connectivity index (χ4n) is 2.11. The molecule has 19 heavy (non-hydrogen) atoms. The van der Waals surface area contributed by atoms with Gasteiger partial charge in [-0.3, -0.25) is 0 Å². The van der Waals surface area contributed by atoms with Gasteiger partial charge in [-0.15, -0.1) is 0 Å². The van der Waals surface area contributed by atoms with Gasteiger partial charge in [-0.05, 0) is 50.6 Å². The summed E-state index contributed by atoms with van der Waals surface area (Å²) in [5.41, 5.74) is 1.57. The Bertz CT molecular complexity index is 553. The van der Waals surface area contributed by atoms with Gasteiger partial charge in [0, 0.05) is 6.26 Å². The molecule has 0 aliphatic rings. The van der Waals surface area contributed by atoms with E-state index in [4.69, 9.17) is 0 Å². The van der Waals surface area contributed by atoms with Crippen molar-refractivity contribution in [1.29, 1.82) is 0 Å². The maximum atomic E-state index is 13.2. The monoisotopic (exact) mass is 287 g/mol. The Morgan fingerprint density at radius 1 is 1.37 bits per heavy atom. The average molecular weight is 287 g/mol. The summed E-state index contributed by atoms with van der Waals surface area (Å²) >= 11 is 0. The van der Waals surface area contributed by atoms with E-state index in [9.17, 15) is 12.8 Å². The van der Waals surface area contributed by atoms with Gasteiger partial charge in [-0.1, -0.05) is 13.0 Å². The zero-order valence-corrected chi connectivity index (χ0v) is 12.9. The fourth-order valence-corrected chi connectivity index (χ4v) is 2.75. The summed E-state index contributed by atoms with van der Waals surface area (Å²) in [5.74, 6) is -0.311. The minimum absolute atomic E-state index is 0.311. The number of hydrogen-bond acceptors (Lipinski definition) is 3. The molecule has 1 aromatic carbocycles. The topological polar surface area (TPSA) is 46.2 Å². The molecule has 1 atom stereocenters. The molecule has 3 nitrogen and oxygen atoms in total. The van der Waals surface area contributed by atoms with Crippen molar-refractivity contribution >= 4 is 9.84 Å². The van der Waals surface area contributed by atoms with Crippen molar-refractivity contribution in [1.82, 2.24) is 5.32 Å². The Kier molecular flexibility index (Phi) is 4.74. The molecule has 1 N–H and O–H groups in total. The third kappa shape index (κ3) is 3.34. The highest BCUT2D eigenvalue weighted by Crippen LogP contribution is 2.33. The second-order valence-corrected chi connectivity index (χ2v) is 7.96. The normalized spacial score (nSPS) is 14.4. The number of benzene rings is 1. The smallest absolute Gasteiger partial charge is 0.154 e. The summed E-state index contributed by atoms with van der Waals surface area (Å²) < 4.78 is 36.2. The van der Waals surface area contributed by atoms with E-state index >= 15 is 0 Å². The molecule has 0 heterocycles. The van der Waals surface area contributed by atoms with Crippen LogP contribution in [0.25, 0.3) is 0 Å². The highest BCUT2D eigenvalue weighted by Gasteiger charge is 2.40. The van der Waals surface area contributed by atoms with E-state index in [1.54, 1.807) is 26.8 Å². The quantitative estimate of drug-likeness (QED) is 0.905. The summed E-state index contributed by atoms with van der Waals surface area (Å²) in [4.78, 5) is 0. The Hall–Kier alpha value is -0.940.